The second-order valence-electron chi connectivity index (χ2n) is 4.34. The van der Waals surface area contributed by atoms with Crippen LogP contribution in [0.1, 0.15) is 31.5 Å². The molecule has 4 heteroatoms. The number of Topliss-reactive ketones (excluding diaryl/α,β-unsaturated/α-hetero) is 1. The van der Waals surface area contributed by atoms with Crippen LogP contribution < -0.4 is 4.90 Å². The molecule has 0 N–H and O–H groups in total. The van der Waals surface area contributed by atoms with Crippen molar-refractivity contribution in [3.8, 4) is 0 Å². The lowest BCUT2D eigenvalue weighted by atomic mass is 9.93. The summed E-state index contributed by atoms with van der Waals surface area (Å²) >= 11 is 0. The van der Waals surface area contributed by atoms with Gasteiger partial charge in [-0.15, -0.1) is 0 Å². The summed E-state index contributed by atoms with van der Waals surface area (Å²) in [5.41, 5.74) is 0. The molecule has 0 aromatic carbocycles. The first-order valence-electron chi connectivity index (χ1n) is 5.71. The van der Waals surface area contributed by atoms with Gasteiger partial charge in [0.25, 0.3) is 0 Å². The molecule has 0 bridgehead atoms. The lowest BCUT2D eigenvalue weighted by molar-refractivity contribution is -0.120. The molecular weight excluding hydrogens is 202 g/mol. The molecule has 1 heterocycles. The van der Waals surface area contributed by atoms with E-state index in [0.29, 0.717) is 24.7 Å². The topological polar surface area (TPSA) is 46.1 Å². The Morgan fingerprint density at radius 2 is 2.06 bits per heavy atom. The molecule has 1 aromatic rings. The van der Waals surface area contributed by atoms with Gasteiger partial charge in [-0.05, 0) is 25.8 Å². The van der Waals surface area contributed by atoms with Crippen molar-refractivity contribution in [3.05, 3.63) is 18.1 Å². The number of rotatable bonds is 2. The van der Waals surface area contributed by atoms with Crippen LogP contribution in [-0.4, -0.2) is 28.8 Å². The minimum absolute atomic E-state index is 0.392. The Morgan fingerprint density at radius 3 is 2.69 bits per heavy atom. The fraction of sp³-hybridized carbons (Fsp3) is 0.583. The van der Waals surface area contributed by atoms with Gasteiger partial charge in [0.2, 0.25) is 0 Å². The van der Waals surface area contributed by atoms with Gasteiger partial charge in [0.05, 0.1) is 0 Å². The van der Waals surface area contributed by atoms with Gasteiger partial charge in [-0.2, -0.15) is 0 Å². The van der Waals surface area contributed by atoms with E-state index in [2.05, 4.69) is 14.9 Å². The molecule has 16 heavy (non-hydrogen) atoms. The number of nitrogens with zero attached hydrogens (tertiary/aromatic N) is 3. The SMILES string of the molecule is Cc1nccc(N(C)C2CCC(=O)CC2)n1. The van der Waals surface area contributed by atoms with Gasteiger partial charge in [0.15, 0.2) is 0 Å². The van der Waals surface area contributed by atoms with Crippen LogP contribution in [0.5, 0.6) is 0 Å². The molecule has 2 rings (SSSR count). The van der Waals surface area contributed by atoms with Gasteiger partial charge >= 0.3 is 0 Å². The van der Waals surface area contributed by atoms with Gasteiger partial charge in [0, 0.05) is 32.1 Å². The van der Waals surface area contributed by atoms with Crippen LogP contribution in [0.3, 0.4) is 0 Å². The highest BCUT2D eigenvalue weighted by molar-refractivity contribution is 5.79. The third-order valence-corrected chi connectivity index (χ3v) is 3.18. The second-order valence-corrected chi connectivity index (χ2v) is 4.34. The Kier molecular flexibility index (Phi) is 3.17. The van der Waals surface area contributed by atoms with E-state index in [1.807, 2.05) is 20.0 Å². The van der Waals surface area contributed by atoms with Crippen molar-refractivity contribution >= 4 is 11.6 Å². The van der Waals surface area contributed by atoms with Crippen LogP contribution in [0.15, 0.2) is 12.3 Å². The molecule has 0 aliphatic heterocycles. The first-order chi connectivity index (χ1) is 7.66. The molecule has 4 nitrogen and oxygen atoms in total. The van der Waals surface area contributed by atoms with Crippen LogP contribution >= 0.6 is 0 Å². The third-order valence-electron chi connectivity index (χ3n) is 3.18. The van der Waals surface area contributed by atoms with Crippen LogP contribution in [0.25, 0.3) is 0 Å². The van der Waals surface area contributed by atoms with E-state index in [1.165, 1.54) is 0 Å². The zero-order valence-corrected chi connectivity index (χ0v) is 9.81. The van der Waals surface area contributed by atoms with Gasteiger partial charge in [0.1, 0.15) is 17.4 Å². The van der Waals surface area contributed by atoms with E-state index < -0.39 is 0 Å². The van der Waals surface area contributed by atoms with Crippen LogP contribution in [0.2, 0.25) is 0 Å². The summed E-state index contributed by atoms with van der Waals surface area (Å²) in [4.78, 5) is 21.8. The average Bonchev–Trinajstić information content (AvgIpc) is 2.29. The van der Waals surface area contributed by atoms with Gasteiger partial charge in [-0.3, -0.25) is 4.79 Å². The third kappa shape index (κ3) is 2.38. The summed E-state index contributed by atoms with van der Waals surface area (Å²) in [5.74, 6) is 2.13. The Labute approximate surface area is 95.7 Å². The van der Waals surface area contributed by atoms with Gasteiger partial charge < -0.3 is 4.90 Å². The molecule has 1 aromatic heterocycles. The maximum Gasteiger partial charge on any atom is 0.133 e. The molecule has 0 radical (unpaired) electrons. The predicted molar refractivity (Wildman–Crippen MR) is 62.4 cm³/mol. The molecule has 0 unspecified atom stereocenters. The van der Waals surface area contributed by atoms with Crippen molar-refractivity contribution in [1.82, 2.24) is 9.97 Å². The maximum absolute atomic E-state index is 11.2. The molecule has 0 spiro atoms. The summed E-state index contributed by atoms with van der Waals surface area (Å²) in [7, 11) is 2.04. The number of carbonyl (C=O) groups excluding carboxylic acids is 1. The molecule has 0 saturated heterocycles. The quantitative estimate of drug-likeness (QED) is 0.760. The molecular formula is C12H17N3O. The molecule has 1 fully saturated rings. The zero-order chi connectivity index (χ0) is 11.5. The molecule has 0 atom stereocenters. The number of aryl methyl sites for hydroxylation is 1. The Morgan fingerprint density at radius 1 is 1.38 bits per heavy atom. The van der Waals surface area contributed by atoms with Crippen molar-refractivity contribution in [3.63, 3.8) is 0 Å². The smallest absolute Gasteiger partial charge is 0.133 e. The Balaban J connectivity index is 2.07. The largest absolute Gasteiger partial charge is 0.357 e. The number of ketones is 1. The van der Waals surface area contributed by atoms with Gasteiger partial charge in [-0.25, -0.2) is 9.97 Å². The summed E-state index contributed by atoms with van der Waals surface area (Å²) in [6, 6.07) is 2.36. The van der Waals surface area contributed by atoms with E-state index in [-0.39, 0.29) is 0 Å². The predicted octanol–water partition coefficient (Wildman–Crippen LogP) is 1.73. The van der Waals surface area contributed by atoms with E-state index in [9.17, 15) is 4.79 Å². The first kappa shape index (κ1) is 11.0. The highest BCUT2D eigenvalue weighted by atomic mass is 16.1. The van der Waals surface area contributed by atoms with Crippen molar-refractivity contribution in [2.45, 2.75) is 38.6 Å². The summed E-state index contributed by atoms with van der Waals surface area (Å²) in [6.07, 6.45) is 5.08. The number of aromatic nitrogens is 2. The van der Waals surface area contributed by atoms with Crippen molar-refractivity contribution < 1.29 is 4.79 Å². The number of hydrogen-bond acceptors (Lipinski definition) is 4. The van der Waals surface area contributed by atoms with Crippen molar-refractivity contribution in [2.75, 3.05) is 11.9 Å². The minimum Gasteiger partial charge on any atom is -0.357 e. The van der Waals surface area contributed by atoms with E-state index in [4.69, 9.17) is 0 Å². The number of anilines is 1. The number of carbonyl (C=O) groups is 1. The highest BCUT2D eigenvalue weighted by Crippen LogP contribution is 2.23. The summed E-state index contributed by atoms with van der Waals surface area (Å²) < 4.78 is 0. The van der Waals surface area contributed by atoms with E-state index in [1.54, 1.807) is 6.20 Å². The fourth-order valence-corrected chi connectivity index (χ4v) is 2.14. The minimum atomic E-state index is 0.392. The van der Waals surface area contributed by atoms with Gasteiger partial charge in [-0.1, -0.05) is 0 Å². The Bertz CT molecular complexity index is 382. The summed E-state index contributed by atoms with van der Waals surface area (Å²) in [5, 5.41) is 0. The van der Waals surface area contributed by atoms with Crippen molar-refractivity contribution in [2.24, 2.45) is 0 Å². The van der Waals surface area contributed by atoms with Crippen LogP contribution in [0.4, 0.5) is 5.82 Å². The standard InChI is InChI=1S/C12H17N3O/c1-9-13-8-7-12(14-9)15(2)10-3-5-11(16)6-4-10/h7-8,10H,3-6H2,1-2H3. The van der Waals surface area contributed by atoms with Crippen LogP contribution in [0, 0.1) is 6.92 Å². The molecule has 1 aliphatic carbocycles. The second kappa shape index (κ2) is 4.60. The average molecular weight is 219 g/mol. The lowest BCUT2D eigenvalue weighted by Crippen LogP contribution is -2.35. The normalized spacial score (nSPS) is 17.5. The van der Waals surface area contributed by atoms with Crippen molar-refractivity contribution in [1.29, 1.82) is 0 Å². The highest BCUT2D eigenvalue weighted by Gasteiger charge is 2.22. The van der Waals surface area contributed by atoms with Crippen LogP contribution in [-0.2, 0) is 4.79 Å². The van der Waals surface area contributed by atoms with E-state index >= 15 is 0 Å². The number of hydrogen-bond donors (Lipinski definition) is 0. The molecule has 1 saturated carbocycles. The fourth-order valence-electron chi connectivity index (χ4n) is 2.14. The zero-order valence-electron chi connectivity index (χ0n) is 9.81. The molecule has 0 amide bonds. The first-order valence-corrected chi connectivity index (χ1v) is 5.71. The molecule has 86 valence electrons. The molecule has 1 aliphatic rings. The van der Waals surface area contributed by atoms with E-state index in [0.717, 1.165) is 24.5 Å². The Hall–Kier alpha value is -1.45. The maximum atomic E-state index is 11.2. The lowest BCUT2D eigenvalue weighted by Gasteiger charge is -2.31. The summed E-state index contributed by atoms with van der Waals surface area (Å²) in [6.45, 7) is 1.89. The monoisotopic (exact) mass is 219 g/mol.